The molecule has 0 unspecified atom stereocenters. The van der Waals surface area contributed by atoms with Crippen molar-refractivity contribution in [3.05, 3.63) is 66.2 Å². The third-order valence-electron chi connectivity index (χ3n) is 5.04. The van der Waals surface area contributed by atoms with Crippen molar-refractivity contribution in [1.29, 1.82) is 0 Å². The van der Waals surface area contributed by atoms with Crippen molar-refractivity contribution in [3.63, 3.8) is 0 Å². The van der Waals surface area contributed by atoms with Gasteiger partial charge in [-0.3, -0.25) is 14.6 Å². The molecule has 4 rings (SSSR count). The number of piperidine rings is 1. The van der Waals surface area contributed by atoms with Crippen molar-refractivity contribution in [2.24, 2.45) is 0 Å². The predicted molar refractivity (Wildman–Crippen MR) is 111 cm³/mol. The lowest BCUT2D eigenvalue weighted by molar-refractivity contribution is 0.201. The maximum absolute atomic E-state index is 11.4. The molecule has 29 heavy (non-hydrogen) atoms. The molecule has 0 bridgehead atoms. The van der Waals surface area contributed by atoms with Gasteiger partial charge in [-0.2, -0.15) is 0 Å². The Hall–Kier alpha value is -2.78. The van der Waals surface area contributed by atoms with Crippen molar-refractivity contribution in [1.82, 2.24) is 24.9 Å². The summed E-state index contributed by atoms with van der Waals surface area (Å²) in [7, 11) is -3.29. The standard InChI is InChI=1S/C20H24N6O2S/c1-29(27,28)23-17-7-10-21-20(13-17)16-8-11-25(12-9-16)14-18-15-26(24-22-18)19-5-3-2-4-6-19/h2-7,10,13,15-16H,8-9,11-12,14H2,1H3,(H,21,23). The van der Waals surface area contributed by atoms with Gasteiger partial charge in [0.1, 0.15) is 0 Å². The van der Waals surface area contributed by atoms with Crippen LogP contribution in [0.3, 0.4) is 0 Å². The number of hydrogen-bond donors (Lipinski definition) is 1. The molecule has 0 spiro atoms. The maximum Gasteiger partial charge on any atom is 0.229 e. The van der Waals surface area contributed by atoms with Gasteiger partial charge in [0.2, 0.25) is 10.0 Å². The van der Waals surface area contributed by atoms with Crippen molar-refractivity contribution in [3.8, 4) is 5.69 Å². The topological polar surface area (TPSA) is 93.0 Å². The van der Waals surface area contributed by atoms with E-state index in [9.17, 15) is 8.42 Å². The van der Waals surface area contributed by atoms with E-state index in [0.29, 0.717) is 11.6 Å². The van der Waals surface area contributed by atoms with Crippen molar-refractivity contribution in [2.45, 2.75) is 25.3 Å². The molecule has 0 saturated carbocycles. The summed E-state index contributed by atoms with van der Waals surface area (Å²) in [5.74, 6) is 0.326. The number of nitrogens with one attached hydrogen (secondary N) is 1. The number of pyridine rings is 1. The smallest absolute Gasteiger partial charge is 0.229 e. The number of para-hydroxylation sites is 1. The zero-order chi connectivity index (χ0) is 20.3. The monoisotopic (exact) mass is 412 g/mol. The molecule has 0 amide bonds. The molecule has 1 aliphatic heterocycles. The van der Waals surface area contributed by atoms with E-state index in [2.05, 4.69) is 24.9 Å². The highest BCUT2D eigenvalue weighted by Gasteiger charge is 2.22. The van der Waals surface area contributed by atoms with E-state index < -0.39 is 10.0 Å². The fourth-order valence-electron chi connectivity index (χ4n) is 3.64. The first-order valence-electron chi connectivity index (χ1n) is 9.59. The molecule has 152 valence electrons. The molecule has 2 aromatic heterocycles. The van der Waals surface area contributed by atoms with E-state index in [1.165, 1.54) is 0 Å². The van der Waals surface area contributed by atoms with Crippen LogP contribution < -0.4 is 4.72 Å². The first-order valence-corrected chi connectivity index (χ1v) is 11.5. The van der Waals surface area contributed by atoms with E-state index in [1.807, 2.05) is 42.6 Å². The van der Waals surface area contributed by atoms with Gasteiger partial charge in [-0.15, -0.1) is 5.10 Å². The number of nitrogens with zero attached hydrogens (tertiary/aromatic N) is 5. The van der Waals surface area contributed by atoms with Gasteiger partial charge in [0, 0.05) is 24.4 Å². The number of anilines is 1. The van der Waals surface area contributed by atoms with Crippen LogP contribution in [0, 0.1) is 0 Å². The summed E-state index contributed by atoms with van der Waals surface area (Å²) in [4.78, 5) is 6.83. The van der Waals surface area contributed by atoms with Gasteiger partial charge < -0.3 is 0 Å². The lowest BCUT2D eigenvalue weighted by Crippen LogP contribution is -2.32. The Kier molecular flexibility index (Phi) is 5.59. The summed E-state index contributed by atoms with van der Waals surface area (Å²) in [6.07, 6.45) is 6.74. The van der Waals surface area contributed by atoms with Crippen LogP contribution in [0.25, 0.3) is 5.69 Å². The van der Waals surface area contributed by atoms with Gasteiger partial charge in [0.25, 0.3) is 0 Å². The van der Waals surface area contributed by atoms with Gasteiger partial charge in [0.15, 0.2) is 0 Å². The summed E-state index contributed by atoms with van der Waals surface area (Å²) >= 11 is 0. The number of aromatic nitrogens is 4. The number of hydrogen-bond acceptors (Lipinski definition) is 6. The lowest BCUT2D eigenvalue weighted by atomic mass is 9.93. The first-order chi connectivity index (χ1) is 14.0. The molecule has 1 fully saturated rings. The molecule has 8 nitrogen and oxygen atoms in total. The minimum atomic E-state index is -3.29. The Labute approximate surface area is 170 Å². The van der Waals surface area contributed by atoms with Crippen LogP contribution in [0.5, 0.6) is 0 Å². The molecular formula is C20H24N6O2S. The maximum atomic E-state index is 11.4. The Morgan fingerprint density at radius 1 is 1.14 bits per heavy atom. The van der Waals surface area contributed by atoms with Gasteiger partial charge in [0.05, 0.1) is 29.5 Å². The molecule has 0 aliphatic carbocycles. The number of sulfonamides is 1. The van der Waals surface area contributed by atoms with Gasteiger partial charge in [-0.25, -0.2) is 13.1 Å². The minimum Gasteiger partial charge on any atom is -0.297 e. The molecule has 1 aliphatic rings. The fourth-order valence-corrected chi connectivity index (χ4v) is 4.20. The summed E-state index contributed by atoms with van der Waals surface area (Å²) in [6, 6.07) is 13.5. The van der Waals surface area contributed by atoms with E-state index >= 15 is 0 Å². The fraction of sp³-hybridized carbons (Fsp3) is 0.350. The molecule has 9 heteroatoms. The summed E-state index contributed by atoms with van der Waals surface area (Å²) < 4.78 is 27.2. The van der Waals surface area contributed by atoms with E-state index in [1.54, 1.807) is 16.9 Å². The van der Waals surface area contributed by atoms with E-state index in [4.69, 9.17) is 0 Å². The SMILES string of the molecule is CS(=O)(=O)Nc1ccnc(C2CCN(Cc3cn(-c4ccccc4)nn3)CC2)c1. The van der Waals surface area contributed by atoms with Crippen molar-refractivity contribution >= 4 is 15.7 Å². The van der Waals surface area contributed by atoms with E-state index in [0.717, 1.165) is 55.8 Å². The Morgan fingerprint density at radius 2 is 1.90 bits per heavy atom. The molecule has 1 saturated heterocycles. The number of rotatable bonds is 6. The minimum absolute atomic E-state index is 0.326. The van der Waals surface area contributed by atoms with Crippen molar-refractivity contribution < 1.29 is 8.42 Å². The molecule has 0 atom stereocenters. The van der Waals surface area contributed by atoms with Crippen LogP contribution in [0.15, 0.2) is 54.9 Å². The summed E-state index contributed by atoms with van der Waals surface area (Å²) in [6.45, 7) is 2.64. The summed E-state index contributed by atoms with van der Waals surface area (Å²) in [5, 5.41) is 8.53. The van der Waals surface area contributed by atoms with Crippen LogP contribution in [-0.2, 0) is 16.6 Å². The predicted octanol–water partition coefficient (Wildman–Crippen LogP) is 2.41. The molecule has 1 N–H and O–H groups in total. The molecule has 1 aromatic carbocycles. The lowest BCUT2D eigenvalue weighted by Gasteiger charge is -2.31. The van der Waals surface area contributed by atoms with Gasteiger partial charge in [-0.05, 0) is 50.2 Å². The largest absolute Gasteiger partial charge is 0.297 e. The first kappa shape index (κ1) is 19.5. The number of benzene rings is 1. The molecular weight excluding hydrogens is 388 g/mol. The van der Waals surface area contributed by atoms with Crippen LogP contribution in [0.1, 0.15) is 30.1 Å². The Morgan fingerprint density at radius 3 is 2.62 bits per heavy atom. The highest BCUT2D eigenvalue weighted by Crippen LogP contribution is 2.28. The highest BCUT2D eigenvalue weighted by atomic mass is 32.2. The molecule has 0 radical (unpaired) electrons. The van der Waals surface area contributed by atoms with E-state index in [-0.39, 0.29) is 0 Å². The van der Waals surface area contributed by atoms with Crippen LogP contribution in [0.2, 0.25) is 0 Å². The zero-order valence-electron chi connectivity index (χ0n) is 16.3. The zero-order valence-corrected chi connectivity index (χ0v) is 17.1. The third kappa shape index (κ3) is 5.18. The van der Waals surface area contributed by atoms with Crippen molar-refractivity contribution in [2.75, 3.05) is 24.1 Å². The molecule has 3 heterocycles. The second-order valence-electron chi connectivity index (χ2n) is 7.38. The van der Waals surface area contributed by atoms with Crippen LogP contribution in [0.4, 0.5) is 5.69 Å². The molecule has 3 aromatic rings. The third-order valence-corrected chi connectivity index (χ3v) is 5.64. The summed E-state index contributed by atoms with van der Waals surface area (Å²) in [5.41, 5.74) is 3.45. The quantitative estimate of drug-likeness (QED) is 0.668. The van der Waals surface area contributed by atoms with Gasteiger partial charge >= 0.3 is 0 Å². The Balaban J connectivity index is 1.34. The van der Waals surface area contributed by atoms with Gasteiger partial charge in [-0.1, -0.05) is 23.4 Å². The number of likely N-dealkylation sites (tertiary alicyclic amines) is 1. The second kappa shape index (κ2) is 8.30. The average Bonchev–Trinajstić information content (AvgIpc) is 3.17. The normalized spacial score (nSPS) is 16.0. The van der Waals surface area contributed by atoms with Crippen LogP contribution in [-0.4, -0.2) is 52.6 Å². The van der Waals surface area contributed by atoms with Crippen LogP contribution >= 0.6 is 0 Å². The Bertz CT molecular complexity index is 1060. The second-order valence-corrected chi connectivity index (χ2v) is 9.13. The highest BCUT2D eigenvalue weighted by molar-refractivity contribution is 7.92. The average molecular weight is 413 g/mol.